The number of rotatable bonds is 7. The highest BCUT2D eigenvalue weighted by molar-refractivity contribution is 5.75. The third-order valence-electron chi connectivity index (χ3n) is 6.58. The van der Waals surface area contributed by atoms with Gasteiger partial charge in [-0.2, -0.15) is 0 Å². The fourth-order valence-corrected chi connectivity index (χ4v) is 4.52. The van der Waals surface area contributed by atoms with Crippen LogP contribution in [0.2, 0.25) is 0 Å². The van der Waals surface area contributed by atoms with Crippen molar-refractivity contribution in [2.24, 2.45) is 33.7 Å². The summed E-state index contributed by atoms with van der Waals surface area (Å²) >= 11 is 0. The summed E-state index contributed by atoms with van der Waals surface area (Å²) in [5.41, 5.74) is 28.8. The van der Waals surface area contributed by atoms with Crippen LogP contribution in [0.3, 0.4) is 0 Å². The molecule has 0 amide bonds. The van der Waals surface area contributed by atoms with Crippen molar-refractivity contribution in [3.63, 3.8) is 0 Å². The molecule has 1 aliphatic carbocycles. The molecule has 15 atom stereocenters. The van der Waals surface area contributed by atoms with Crippen LogP contribution >= 0.6 is 0 Å². The summed E-state index contributed by atoms with van der Waals surface area (Å²) in [4.78, 5) is 3.76. The van der Waals surface area contributed by atoms with Crippen molar-refractivity contribution in [3.05, 3.63) is 0 Å². The second-order valence-corrected chi connectivity index (χ2v) is 9.31. The molecule has 35 heavy (non-hydrogen) atoms. The molecule has 0 bridgehead atoms. The summed E-state index contributed by atoms with van der Waals surface area (Å²) in [5, 5.41) is 61.9. The fraction of sp³-hybridized carbons (Fsp3) is 0.947. The summed E-state index contributed by atoms with van der Waals surface area (Å²) in [7, 11) is 0. The Balaban J connectivity index is 1.78. The highest BCUT2D eigenvalue weighted by Gasteiger charge is 2.52. The van der Waals surface area contributed by atoms with Gasteiger partial charge in [0.05, 0.1) is 24.8 Å². The SMILES string of the molecule is C[C@@H](O)C1O[C@H](O[C@@H]2C(N)C[C@@H](N)[C@@H](O)C2O[C@@H]2O[C@H](CN=C(N)N)[C@H](O)C2O)[C@@H](N)C(O)[C@@H]1O. The lowest BCUT2D eigenvalue weighted by Gasteiger charge is -2.47. The number of aliphatic hydroxyl groups is 6. The first-order chi connectivity index (χ1) is 16.3. The molecule has 2 aliphatic heterocycles. The van der Waals surface area contributed by atoms with Crippen LogP contribution in [0.4, 0.5) is 0 Å². The first-order valence-electron chi connectivity index (χ1n) is 11.4. The number of guanidine groups is 1. The molecular weight excluding hydrogens is 472 g/mol. The summed E-state index contributed by atoms with van der Waals surface area (Å²) < 4.78 is 22.9. The summed E-state index contributed by atoms with van der Waals surface area (Å²) in [6.45, 7) is 1.21. The molecule has 16 nitrogen and oxygen atoms in total. The minimum Gasteiger partial charge on any atom is -0.391 e. The van der Waals surface area contributed by atoms with Crippen LogP contribution in [0.1, 0.15) is 13.3 Å². The van der Waals surface area contributed by atoms with Gasteiger partial charge >= 0.3 is 0 Å². The Morgan fingerprint density at radius 1 is 0.857 bits per heavy atom. The van der Waals surface area contributed by atoms with E-state index in [1.54, 1.807) is 0 Å². The molecule has 0 aromatic rings. The molecule has 3 rings (SSSR count). The van der Waals surface area contributed by atoms with E-state index in [0.717, 1.165) is 0 Å². The van der Waals surface area contributed by atoms with Crippen LogP contribution in [0.25, 0.3) is 0 Å². The molecular formula is C19H38N6O10. The van der Waals surface area contributed by atoms with Crippen molar-refractivity contribution in [1.82, 2.24) is 0 Å². The molecule has 3 aliphatic rings. The van der Waals surface area contributed by atoms with E-state index in [4.69, 9.17) is 47.6 Å². The summed E-state index contributed by atoms with van der Waals surface area (Å²) in [6.07, 6.45) is -15.7. The lowest BCUT2D eigenvalue weighted by molar-refractivity contribution is -0.315. The molecule has 0 spiro atoms. The van der Waals surface area contributed by atoms with Gasteiger partial charge in [-0.1, -0.05) is 0 Å². The standard InChI is InChI=1S/C19H38N6O10/c1-4(26)14-12(30)11(29)8(22)17(33-14)34-15-6(21)2-5(20)9(27)16(15)35-18-13(31)10(28)7(32-18)3-25-19(23)24/h4-18,26-31H,2-3,20-22H2,1H3,(H4,23,24,25)/t4-,5-,6?,7-,8+,9-,10+,11?,12+,13?,14?,15-,16?,17-,18+/m1/s1. The van der Waals surface area contributed by atoms with Gasteiger partial charge in [0.15, 0.2) is 18.5 Å². The third kappa shape index (κ3) is 6.02. The average Bonchev–Trinajstić information content (AvgIpc) is 3.05. The van der Waals surface area contributed by atoms with Crippen LogP contribution < -0.4 is 28.7 Å². The van der Waals surface area contributed by atoms with E-state index in [1.165, 1.54) is 6.92 Å². The molecule has 0 aromatic carbocycles. The zero-order valence-electron chi connectivity index (χ0n) is 19.2. The third-order valence-corrected chi connectivity index (χ3v) is 6.58. The molecule has 16 heteroatoms. The summed E-state index contributed by atoms with van der Waals surface area (Å²) in [5.74, 6) is -0.237. The molecule has 16 N–H and O–H groups in total. The molecule has 2 saturated heterocycles. The molecule has 0 aromatic heterocycles. The number of nitrogens with zero attached hydrogens (tertiary/aromatic N) is 1. The van der Waals surface area contributed by atoms with E-state index in [-0.39, 0.29) is 18.9 Å². The molecule has 5 unspecified atom stereocenters. The zero-order chi connectivity index (χ0) is 26.2. The first-order valence-corrected chi connectivity index (χ1v) is 11.4. The average molecular weight is 511 g/mol. The Labute approximate surface area is 201 Å². The minimum absolute atomic E-state index is 0.114. The van der Waals surface area contributed by atoms with E-state index in [1.807, 2.05) is 0 Å². The van der Waals surface area contributed by atoms with Crippen LogP contribution in [0.15, 0.2) is 4.99 Å². The lowest BCUT2D eigenvalue weighted by Crippen LogP contribution is -2.68. The Morgan fingerprint density at radius 2 is 1.49 bits per heavy atom. The topological polar surface area (TPSA) is 301 Å². The Kier molecular flexibility index (Phi) is 9.25. The zero-order valence-corrected chi connectivity index (χ0v) is 19.2. The first kappa shape index (κ1) is 28.3. The normalized spacial score (nSPS) is 49.5. The maximum absolute atomic E-state index is 10.8. The maximum Gasteiger partial charge on any atom is 0.187 e. The van der Waals surface area contributed by atoms with Gasteiger partial charge in [0, 0.05) is 12.1 Å². The van der Waals surface area contributed by atoms with E-state index in [0.29, 0.717) is 0 Å². The van der Waals surface area contributed by atoms with Crippen molar-refractivity contribution >= 4 is 5.96 Å². The van der Waals surface area contributed by atoms with Gasteiger partial charge < -0.3 is 78.3 Å². The second kappa shape index (κ2) is 11.4. The van der Waals surface area contributed by atoms with Crippen molar-refractivity contribution in [2.45, 2.75) is 105 Å². The van der Waals surface area contributed by atoms with Gasteiger partial charge in [-0.15, -0.1) is 0 Å². The van der Waals surface area contributed by atoms with Crippen molar-refractivity contribution in [3.8, 4) is 0 Å². The van der Waals surface area contributed by atoms with Crippen molar-refractivity contribution in [2.75, 3.05) is 6.54 Å². The highest BCUT2D eigenvalue weighted by atomic mass is 16.7. The Morgan fingerprint density at radius 3 is 2.09 bits per heavy atom. The Hall–Kier alpha value is -1.25. The number of aliphatic imine (C=N–C) groups is 1. The van der Waals surface area contributed by atoms with Crippen LogP contribution in [0, 0.1) is 0 Å². The summed E-state index contributed by atoms with van der Waals surface area (Å²) in [6, 6.07) is -2.88. The predicted octanol–water partition coefficient (Wildman–Crippen LogP) is -6.95. The van der Waals surface area contributed by atoms with Gasteiger partial charge in [-0.05, 0) is 13.3 Å². The molecule has 0 radical (unpaired) electrons. The van der Waals surface area contributed by atoms with E-state index >= 15 is 0 Å². The maximum atomic E-state index is 10.8. The van der Waals surface area contributed by atoms with Gasteiger partial charge in [0.2, 0.25) is 0 Å². The minimum atomic E-state index is -1.53. The van der Waals surface area contributed by atoms with Crippen molar-refractivity contribution < 1.29 is 49.6 Å². The van der Waals surface area contributed by atoms with Gasteiger partial charge in [0.25, 0.3) is 0 Å². The van der Waals surface area contributed by atoms with E-state index in [2.05, 4.69) is 4.99 Å². The van der Waals surface area contributed by atoms with Crippen molar-refractivity contribution in [1.29, 1.82) is 0 Å². The monoisotopic (exact) mass is 510 g/mol. The smallest absolute Gasteiger partial charge is 0.187 e. The number of aliphatic hydroxyl groups excluding tert-OH is 6. The number of nitrogens with two attached hydrogens (primary N) is 5. The van der Waals surface area contributed by atoms with Gasteiger partial charge in [-0.25, -0.2) is 0 Å². The Bertz CT molecular complexity index is 732. The largest absolute Gasteiger partial charge is 0.391 e. The molecule has 3 fully saturated rings. The van der Waals surface area contributed by atoms with Gasteiger partial charge in [0.1, 0.15) is 48.8 Å². The fourth-order valence-electron chi connectivity index (χ4n) is 4.52. The molecule has 1 saturated carbocycles. The van der Waals surface area contributed by atoms with E-state index < -0.39 is 91.7 Å². The second-order valence-electron chi connectivity index (χ2n) is 9.31. The molecule has 2 heterocycles. The van der Waals surface area contributed by atoms with Crippen LogP contribution in [0.5, 0.6) is 0 Å². The van der Waals surface area contributed by atoms with Crippen LogP contribution in [-0.4, -0.2) is 135 Å². The van der Waals surface area contributed by atoms with Gasteiger partial charge in [-0.3, -0.25) is 4.99 Å². The number of hydrogen-bond acceptors (Lipinski definition) is 14. The number of ether oxygens (including phenoxy) is 4. The quantitative estimate of drug-likeness (QED) is 0.112. The highest BCUT2D eigenvalue weighted by Crippen LogP contribution is 2.32. The van der Waals surface area contributed by atoms with E-state index in [9.17, 15) is 30.6 Å². The molecule has 204 valence electrons. The number of hydrogen-bond donors (Lipinski definition) is 11. The lowest BCUT2D eigenvalue weighted by atomic mass is 9.84. The predicted molar refractivity (Wildman–Crippen MR) is 118 cm³/mol. The van der Waals surface area contributed by atoms with Crippen LogP contribution in [-0.2, 0) is 18.9 Å².